The van der Waals surface area contributed by atoms with E-state index in [9.17, 15) is 4.79 Å². The Labute approximate surface area is 197 Å². The van der Waals surface area contributed by atoms with Gasteiger partial charge in [0.25, 0.3) is 0 Å². The third-order valence-corrected chi connectivity index (χ3v) is 6.17. The number of halogens is 3. The Morgan fingerprint density at radius 1 is 0.806 bits per heavy atom. The van der Waals surface area contributed by atoms with Crippen LogP contribution in [-0.2, 0) is 0 Å². The van der Waals surface area contributed by atoms with Crippen molar-refractivity contribution in [3.63, 3.8) is 0 Å². The zero-order chi connectivity index (χ0) is 22.9. The van der Waals surface area contributed by atoms with Crippen LogP contribution in [0.3, 0.4) is 0 Å². The average molecular weight is 478 g/mol. The second kappa shape index (κ2) is 9.52. The number of ether oxygens (including phenoxy) is 2. The monoisotopic (exact) mass is 476 g/mol. The molecule has 3 nitrogen and oxygen atoms in total. The first kappa shape index (κ1) is 23.5. The van der Waals surface area contributed by atoms with E-state index in [2.05, 4.69) is 0 Å². The highest BCUT2D eigenvalue weighted by Gasteiger charge is 2.23. The normalized spacial score (nSPS) is 10.8. The van der Waals surface area contributed by atoms with E-state index in [0.717, 1.165) is 39.1 Å². The number of esters is 1. The Morgan fingerprint density at radius 3 is 1.81 bits per heavy atom. The van der Waals surface area contributed by atoms with Gasteiger partial charge in [-0.2, -0.15) is 0 Å². The van der Waals surface area contributed by atoms with Gasteiger partial charge in [0.15, 0.2) is 0 Å². The number of hydrogen-bond donors (Lipinski definition) is 0. The van der Waals surface area contributed by atoms with E-state index in [1.807, 2.05) is 52.8 Å². The predicted octanol–water partition coefficient (Wildman–Crippen LogP) is 8.17. The Bertz CT molecular complexity index is 1150. The van der Waals surface area contributed by atoms with Crippen molar-refractivity contribution in [3.8, 4) is 22.6 Å². The lowest BCUT2D eigenvalue weighted by molar-refractivity contribution is 0.0736. The number of benzene rings is 3. The summed E-state index contributed by atoms with van der Waals surface area (Å²) in [4.78, 5) is 13.0. The summed E-state index contributed by atoms with van der Waals surface area (Å²) in [6.45, 7) is 10.6. The maximum Gasteiger partial charge on any atom is 0.346 e. The molecule has 0 aliphatic heterocycles. The first-order valence-corrected chi connectivity index (χ1v) is 11.0. The van der Waals surface area contributed by atoms with Crippen molar-refractivity contribution in [3.05, 3.63) is 79.3 Å². The van der Waals surface area contributed by atoms with Crippen LogP contribution in [0.4, 0.5) is 0 Å². The Balaban J connectivity index is 2.20. The van der Waals surface area contributed by atoms with Crippen LogP contribution in [0.25, 0.3) is 11.1 Å². The quantitative estimate of drug-likeness (QED) is 0.274. The lowest BCUT2D eigenvalue weighted by Gasteiger charge is -2.21. The fourth-order valence-electron chi connectivity index (χ4n) is 3.45. The molecular formula is C25H23Cl3O3. The van der Waals surface area contributed by atoms with Crippen LogP contribution >= 0.6 is 34.8 Å². The zero-order valence-electron chi connectivity index (χ0n) is 18.0. The van der Waals surface area contributed by atoms with Crippen LogP contribution in [0.15, 0.2) is 36.4 Å². The summed E-state index contributed by atoms with van der Waals surface area (Å²) in [5.41, 5.74) is 6.01. The molecule has 0 aromatic heterocycles. The molecule has 3 rings (SSSR count). The van der Waals surface area contributed by atoms with Gasteiger partial charge in [-0.25, -0.2) is 4.79 Å². The molecule has 0 aliphatic carbocycles. The van der Waals surface area contributed by atoms with Crippen molar-refractivity contribution in [2.24, 2.45) is 0 Å². The van der Waals surface area contributed by atoms with E-state index in [4.69, 9.17) is 44.3 Å². The highest BCUT2D eigenvalue weighted by Crippen LogP contribution is 2.43. The lowest BCUT2D eigenvalue weighted by Crippen LogP contribution is -2.12. The third-order valence-electron chi connectivity index (χ3n) is 5.36. The molecule has 0 N–H and O–H groups in total. The van der Waals surface area contributed by atoms with Gasteiger partial charge >= 0.3 is 5.97 Å². The molecule has 6 heteroatoms. The fraction of sp³-hybridized carbons (Fsp3) is 0.240. The average Bonchev–Trinajstić information content (AvgIpc) is 2.68. The molecular weight excluding hydrogens is 455 g/mol. The van der Waals surface area contributed by atoms with E-state index >= 15 is 0 Å². The predicted molar refractivity (Wildman–Crippen MR) is 128 cm³/mol. The highest BCUT2D eigenvalue weighted by molar-refractivity contribution is 6.41. The minimum Gasteiger partial charge on any atom is -0.493 e. The minimum absolute atomic E-state index is 0.0721. The van der Waals surface area contributed by atoms with E-state index in [1.54, 1.807) is 6.07 Å². The number of rotatable bonds is 5. The molecule has 0 amide bonds. The van der Waals surface area contributed by atoms with Gasteiger partial charge in [-0.3, -0.25) is 0 Å². The molecule has 0 radical (unpaired) electrons. The topological polar surface area (TPSA) is 35.5 Å². The van der Waals surface area contributed by atoms with Gasteiger partial charge in [0.1, 0.15) is 11.5 Å². The van der Waals surface area contributed by atoms with Crippen molar-refractivity contribution in [2.45, 2.75) is 34.6 Å². The summed E-state index contributed by atoms with van der Waals surface area (Å²) in [5.74, 6) is 0.489. The van der Waals surface area contributed by atoms with Crippen LogP contribution in [0.1, 0.15) is 39.5 Å². The van der Waals surface area contributed by atoms with Gasteiger partial charge in [-0.1, -0.05) is 46.9 Å². The van der Waals surface area contributed by atoms with Gasteiger partial charge in [0, 0.05) is 16.1 Å². The van der Waals surface area contributed by atoms with Crippen LogP contribution in [-0.4, -0.2) is 12.6 Å². The second-order valence-corrected chi connectivity index (χ2v) is 8.58. The van der Waals surface area contributed by atoms with E-state index in [0.29, 0.717) is 17.4 Å². The number of carbonyl (C=O) groups is 1. The molecule has 31 heavy (non-hydrogen) atoms. The molecule has 0 aliphatic rings. The molecule has 0 atom stereocenters. The van der Waals surface area contributed by atoms with Crippen molar-refractivity contribution in [1.82, 2.24) is 0 Å². The van der Waals surface area contributed by atoms with Crippen LogP contribution < -0.4 is 9.47 Å². The van der Waals surface area contributed by atoms with Crippen molar-refractivity contribution >= 4 is 40.8 Å². The van der Waals surface area contributed by atoms with Crippen molar-refractivity contribution in [1.29, 1.82) is 0 Å². The molecule has 0 saturated carbocycles. The van der Waals surface area contributed by atoms with Crippen molar-refractivity contribution in [2.75, 3.05) is 6.61 Å². The molecule has 0 saturated heterocycles. The number of hydrogen-bond acceptors (Lipinski definition) is 3. The summed E-state index contributed by atoms with van der Waals surface area (Å²) in [6, 6.07) is 10.6. The van der Waals surface area contributed by atoms with Gasteiger partial charge in [-0.15, -0.1) is 0 Å². The molecule has 162 valence electrons. The fourth-order valence-corrected chi connectivity index (χ4v) is 4.42. The SMILES string of the molecule is CCOc1ccc(C)c(C)c1-c1c(OC(=O)c2c(Cl)cc(Cl)cc2Cl)ccc(C)c1C. The maximum atomic E-state index is 13.0. The minimum atomic E-state index is -0.653. The van der Waals surface area contributed by atoms with Gasteiger partial charge in [0.2, 0.25) is 0 Å². The smallest absolute Gasteiger partial charge is 0.346 e. The van der Waals surface area contributed by atoms with Gasteiger partial charge in [-0.05, 0) is 81.1 Å². The van der Waals surface area contributed by atoms with Crippen LogP contribution in [0, 0.1) is 27.7 Å². The van der Waals surface area contributed by atoms with E-state index < -0.39 is 5.97 Å². The first-order valence-electron chi connectivity index (χ1n) is 9.86. The Hall–Kier alpha value is -2.20. The van der Waals surface area contributed by atoms with Crippen molar-refractivity contribution < 1.29 is 14.3 Å². The van der Waals surface area contributed by atoms with E-state index in [1.165, 1.54) is 12.1 Å². The third kappa shape index (κ3) is 4.69. The molecule has 0 bridgehead atoms. The van der Waals surface area contributed by atoms with Crippen LogP contribution in [0.5, 0.6) is 11.5 Å². The Morgan fingerprint density at radius 2 is 1.29 bits per heavy atom. The summed E-state index contributed by atoms with van der Waals surface area (Å²) in [6.07, 6.45) is 0. The first-order chi connectivity index (χ1) is 14.6. The molecule has 0 heterocycles. The number of carbonyl (C=O) groups excluding carboxylic acids is 1. The molecule has 0 spiro atoms. The largest absolute Gasteiger partial charge is 0.493 e. The van der Waals surface area contributed by atoms with Crippen LogP contribution in [0.2, 0.25) is 15.1 Å². The standard InChI is InChI=1S/C25H23Cl3O3/c1-6-30-20-9-7-13(2)15(4)22(20)23-16(5)14(3)8-10-21(23)31-25(29)24-18(27)11-17(26)12-19(24)28/h7-12H,6H2,1-5H3. The summed E-state index contributed by atoms with van der Waals surface area (Å²) < 4.78 is 11.8. The zero-order valence-corrected chi connectivity index (χ0v) is 20.3. The molecule has 3 aromatic rings. The lowest BCUT2D eigenvalue weighted by atomic mass is 9.90. The van der Waals surface area contributed by atoms with Gasteiger partial charge < -0.3 is 9.47 Å². The summed E-state index contributed by atoms with van der Waals surface area (Å²) in [5, 5.41) is 0.611. The van der Waals surface area contributed by atoms with E-state index in [-0.39, 0.29) is 15.6 Å². The molecule has 0 fully saturated rings. The Kier molecular flexibility index (Phi) is 7.20. The van der Waals surface area contributed by atoms with Gasteiger partial charge in [0.05, 0.1) is 22.2 Å². The maximum absolute atomic E-state index is 13.0. The molecule has 0 unspecified atom stereocenters. The second-order valence-electron chi connectivity index (χ2n) is 7.33. The molecule has 3 aromatic carbocycles. The number of aryl methyl sites for hydroxylation is 2. The highest BCUT2D eigenvalue weighted by atomic mass is 35.5. The summed E-state index contributed by atoms with van der Waals surface area (Å²) >= 11 is 18.4. The summed E-state index contributed by atoms with van der Waals surface area (Å²) in [7, 11) is 0.